The van der Waals surface area contributed by atoms with Crippen molar-refractivity contribution in [2.24, 2.45) is 0 Å². The number of nitrogens with two attached hydrogens (primary N) is 2. The van der Waals surface area contributed by atoms with Gasteiger partial charge in [-0.05, 0) is 30.5 Å². The van der Waals surface area contributed by atoms with Crippen LogP contribution >= 0.6 is 11.8 Å². The molecule has 0 unspecified atom stereocenters. The van der Waals surface area contributed by atoms with Gasteiger partial charge in [0, 0.05) is 11.3 Å². The molecule has 7 heteroatoms. The van der Waals surface area contributed by atoms with Gasteiger partial charge in [0.1, 0.15) is 0 Å². The fourth-order valence-corrected chi connectivity index (χ4v) is 2.77. The monoisotopic (exact) mass is 326 g/mol. The number of nitrogen functional groups attached to an aromatic ring is 2. The van der Waals surface area contributed by atoms with Crippen LogP contribution in [-0.4, -0.2) is 27.3 Å². The van der Waals surface area contributed by atoms with Crippen molar-refractivity contribution >= 4 is 40.0 Å². The van der Waals surface area contributed by atoms with Crippen molar-refractivity contribution in [1.82, 2.24) is 9.97 Å². The number of hydrogen-bond acceptors (Lipinski definition) is 6. The van der Waals surface area contributed by atoms with Gasteiger partial charge in [-0.25, -0.2) is 14.8 Å². The number of carboxylic acids is 1. The van der Waals surface area contributed by atoms with Crippen molar-refractivity contribution in [1.29, 1.82) is 0 Å². The summed E-state index contributed by atoms with van der Waals surface area (Å²) in [5, 5.41) is 10.4. The maximum absolute atomic E-state index is 11.3. The second-order valence-corrected chi connectivity index (χ2v) is 5.68. The Morgan fingerprint density at radius 2 is 1.96 bits per heavy atom. The average molecular weight is 326 g/mol. The van der Waals surface area contributed by atoms with Crippen molar-refractivity contribution in [3.05, 3.63) is 42.0 Å². The van der Waals surface area contributed by atoms with Crippen molar-refractivity contribution in [3.63, 3.8) is 0 Å². The van der Waals surface area contributed by atoms with E-state index in [-0.39, 0.29) is 11.3 Å². The summed E-state index contributed by atoms with van der Waals surface area (Å²) in [4.78, 5) is 20.3. The van der Waals surface area contributed by atoms with Gasteiger partial charge >= 0.3 is 5.97 Å². The summed E-state index contributed by atoms with van der Waals surface area (Å²) < 4.78 is 0. The molecule has 5 N–H and O–H groups in total. The molecule has 0 bridgehead atoms. The molecule has 0 spiro atoms. The SMILES string of the molecule is CSc1nc(-c2cccc(N)c2)c2c(N)c(C(=O)O)ccc2n1. The van der Waals surface area contributed by atoms with E-state index in [1.165, 1.54) is 17.8 Å². The lowest BCUT2D eigenvalue weighted by Crippen LogP contribution is -2.05. The second kappa shape index (κ2) is 5.77. The van der Waals surface area contributed by atoms with Crippen LogP contribution in [0.15, 0.2) is 41.6 Å². The number of fused-ring (bicyclic) bond motifs is 1. The first-order valence-electron chi connectivity index (χ1n) is 6.74. The highest BCUT2D eigenvalue weighted by molar-refractivity contribution is 7.98. The van der Waals surface area contributed by atoms with E-state index in [0.29, 0.717) is 27.4 Å². The fourth-order valence-electron chi connectivity index (χ4n) is 2.40. The standard InChI is InChI=1S/C16H14N4O2S/c1-23-16-19-11-6-5-10(15(21)22)13(18)12(11)14(20-16)8-3-2-4-9(17)7-8/h2-7H,17-18H2,1H3,(H,21,22). The highest BCUT2D eigenvalue weighted by atomic mass is 32.2. The molecule has 0 saturated heterocycles. The molecule has 3 aromatic rings. The molecule has 0 aliphatic heterocycles. The Kier molecular flexibility index (Phi) is 3.79. The Morgan fingerprint density at radius 1 is 1.17 bits per heavy atom. The minimum absolute atomic E-state index is 0.0307. The molecule has 0 radical (unpaired) electrons. The molecule has 6 nitrogen and oxygen atoms in total. The minimum atomic E-state index is -1.09. The topological polar surface area (TPSA) is 115 Å². The third kappa shape index (κ3) is 2.66. The van der Waals surface area contributed by atoms with E-state index in [4.69, 9.17) is 11.5 Å². The van der Waals surface area contributed by atoms with Crippen molar-refractivity contribution in [2.45, 2.75) is 5.16 Å². The van der Waals surface area contributed by atoms with Crippen molar-refractivity contribution in [2.75, 3.05) is 17.7 Å². The van der Waals surface area contributed by atoms with Crippen LogP contribution in [0.2, 0.25) is 0 Å². The number of nitrogens with zero attached hydrogens (tertiary/aromatic N) is 2. The molecule has 1 aromatic heterocycles. The van der Waals surface area contributed by atoms with Crippen molar-refractivity contribution in [3.8, 4) is 11.3 Å². The first kappa shape index (κ1) is 15.1. The van der Waals surface area contributed by atoms with E-state index >= 15 is 0 Å². The smallest absolute Gasteiger partial charge is 0.337 e. The van der Waals surface area contributed by atoms with Crippen LogP contribution in [0, 0.1) is 0 Å². The quantitative estimate of drug-likeness (QED) is 0.385. The Hall–Kier alpha value is -2.80. The van der Waals surface area contributed by atoms with Crippen LogP contribution in [0.1, 0.15) is 10.4 Å². The van der Waals surface area contributed by atoms with E-state index in [1.807, 2.05) is 18.4 Å². The van der Waals surface area contributed by atoms with Gasteiger partial charge in [-0.1, -0.05) is 23.9 Å². The van der Waals surface area contributed by atoms with Gasteiger partial charge in [0.2, 0.25) is 0 Å². The number of aromatic carboxylic acids is 1. The number of benzene rings is 2. The first-order chi connectivity index (χ1) is 11.0. The molecule has 23 heavy (non-hydrogen) atoms. The molecule has 0 amide bonds. The average Bonchev–Trinajstić information content (AvgIpc) is 2.53. The third-order valence-corrected chi connectivity index (χ3v) is 4.00. The lowest BCUT2D eigenvalue weighted by molar-refractivity contribution is 0.0698. The van der Waals surface area contributed by atoms with Gasteiger partial charge < -0.3 is 16.6 Å². The Balaban J connectivity index is 2.42. The minimum Gasteiger partial charge on any atom is -0.478 e. The summed E-state index contributed by atoms with van der Waals surface area (Å²) in [5.74, 6) is -1.09. The van der Waals surface area contributed by atoms with Gasteiger partial charge in [0.15, 0.2) is 5.16 Å². The Labute approximate surface area is 136 Å². The number of rotatable bonds is 3. The van der Waals surface area contributed by atoms with E-state index < -0.39 is 5.97 Å². The number of thioether (sulfide) groups is 1. The maximum Gasteiger partial charge on any atom is 0.337 e. The van der Waals surface area contributed by atoms with E-state index in [1.54, 1.807) is 18.2 Å². The van der Waals surface area contributed by atoms with Crippen LogP contribution in [0.25, 0.3) is 22.2 Å². The van der Waals surface area contributed by atoms with Gasteiger partial charge in [-0.2, -0.15) is 0 Å². The molecule has 3 rings (SSSR count). The molecular weight excluding hydrogens is 312 g/mol. The summed E-state index contributed by atoms with van der Waals surface area (Å²) in [5.41, 5.74) is 14.7. The van der Waals surface area contributed by atoms with Gasteiger partial charge in [-0.3, -0.25) is 0 Å². The van der Waals surface area contributed by atoms with Gasteiger partial charge in [0.25, 0.3) is 0 Å². The maximum atomic E-state index is 11.3. The zero-order chi connectivity index (χ0) is 16.6. The largest absolute Gasteiger partial charge is 0.478 e. The predicted molar refractivity (Wildman–Crippen MR) is 92.5 cm³/mol. The molecular formula is C16H14N4O2S. The normalized spacial score (nSPS) is 10.8. The van der Waals surface area contributed by atoms with Crippen LogP contribution in [0.4, 0.5) is 11.4 Å². The molecule has 0 aliphatic rings. The van der Waals surface area contributed by atoms with Crippen LogP contribution in [-0.2, 0) is 0 Å². The summed E-state index contributed by atoms with van der Waals surface area (Å²) in [7, 11) is 0. The van der Waals surface area contributed by atoms with Crippen LogP contribution in [0.5, 0.6) is 0 Å². The van der Waals surface area contributed by atoms with E-state index in [9.17, 15) is 9.90 Å². The molecule has 1 heterocycles. The zero-order valence-electron chi connectivity index (χ0n) is 12.3. The molecule has 0 atom stereocenters. The lowest BCUT2D eigenvalue weighted by atomic mass is 10.0. The zero-order valence-corrected chi connectivity index (χ0v) is 13.1. The van der Waals surface area contributed by atoms with Gasteiger partial charge in [-0.15, -0.1) is 0 Å². The number of anilines is 2. The number of carboxylic acid groups (broad SMARTS) is 1. The van der Waals surface area contributed by atoms with E-state index in [2.05, 4.69) is 9.97 Å². The molecule has 0 aliphatic carbocycles. The molecule has 2 aromatic carbocycles. The summed E-state index contributed by atoms with van der Waals surface area (Å²) >= 11 is 1.40. The summed E-state index contributed by atoms with van der Waals surface area (Å²) in [6.07, 6.45) is 1.87. The number of aromatic nitrogens is 2. The van der Waals surface area contributed by atoms with Crippen LogP contribution < -0.4 is 11.5 Å². The van der Waals surface area contributed by atoms with Crippen LogP contribution in [0.3, 0.4) is 0 Å². The summed E-state index contributed by atoms with van der Waals surface area (Å²) in [6.45, 7) is 0. The fraction of sp³-hybridized carbons (Fsp3) is 0.0625. The number of hydrogen-bond donors (Lipinski definition) is 3. The molecule has 0 saturated carbocycles. The van der Waals surface area contributed by atoms with Crippen molar-refractivity contribution < 1.29 is 9.90 Å². The lowest BCUT2D eigenvalue weighted by Gasteiger charge is -2.12. The number of carbonyl (C=O) groups is 1. The predicted octanol–water partition coefficient (Wildman–Crippen LogP) is 2.88. The Morgan fingerprint density at radius 3 is 2.61 bits per heavy atom. The highest BCUT2D eigenvalue weighted by Gasteiger charge is 2.17. The summed E-state index contributed by atoms with van der Waals surface area (Å²) in [6, 6.07) is 10.3. The third-order valence-electron chi connectivity index (χ3n) is 3.46. The Bertz CT molecular complexity index is 927. The second-order valence-electron chi connectivity index (χ2n) is 4.91. The first-order valence-corrected chi connectivity index (χ1v) is 7.97. The highest BCUT2D eigenvalue weighted by Crippen LogP contribution is 2.34. The van der Waals surface area contributed by atoms with Gasteiger partial charge in [0.05, 0.1) is 27.8 Å². The van der Waals surface area contributed by atoms with E-state index in [0.717, 1.165) is 5.56 Å². The molecule has 0 fully saturated rings. The molecule has 116 valence electrons.